The molecule has 5 heteroatoms. The Kier molecular flexibility index (Phi) is 3.98. The van der Waals surface area contributed by atoms with Crippen LogP contribution in [0.15, 0.2) is 30.3 Å². The normalized spacial score (nSPS) is 18.7. The third-order valence-electron chi connectivity index (χ3n) is 4.45. The molecule has 0 unspecified atom stereocenters. The number of aromatic nitrogens is 2. The molecule has 1 aliphatic rings. The van der Waals surface area contributed by atoms with Gasteiger partial charge in [-0.3, -0.25) is 14.8 Å². The summed E-state index contributed by atoms with van der Waals surface area (Å²) in [6.07, 6.45) is 0.672. The zero-order chi connectivity index (χ0) is 16.6. The fourth-order valence-electron chi connectivity index (χ4n) is 3.07. The third-order valence-corrected chi connectivity index (χ3v) is 4.45. The molecule has 0 bridgehead atoms. The SMILES string of the molecule is CC(C)(C)c1cc(CN2Cc3ccccc3C[C@@H]2C(N)=O)[nH]n1. The number of nitrogens with one attached hydrogen (secondary N) is 1. The fourth-order valence-corrected chi connectivity index (χ4v) is 3.07. The van der Waals surface area contributed by atoms with E-state index in [1.165, 1.54) is 11.1 Å². The summed E-state index contributed by atoms with van der Waals surface area (Å²) in [5, 5.41) is 7.50. The van der Waals surface area contributed by atoms with Crippen molar-refractivity contribution in [3.8, 4) is 0 Å². The Morgan fingerprint density at radius 1 is 1.35 bits per heavy atom. The molecule has 0 spiro atoms. The van der Waals surface area contributed by atoms with Gasteiger partial charge in [-0.2, -0.15) is 5.10 Å². The van der Waals surface area contributed by atoms with Crippen LogP contribution in [0.1, 0.15) is 43.3 Å². The Hall–Kier alpha value is -2.14. The van der Waals surface area contributed by atoms with Crippen molar-refractivity contribution in [1.82, 2.24) is 15.1 Å². The molecule has 3 rings (SSSR count). The van der Waals surface area contributed by atoms with E-state index in [9.17, 15) is 4.79 Å². The average molecular weight is 312 g/mol. The highest BCUT2D eigenvalue weighted by Gasteiger charge is 2.30. The first-order chi connectivity index (χ1) is 10.8. The summed E-state index contributed by atoms with van der Waals surface area (Å²) in [5.74, 6) is -0.268. The van der Waals surface area contributed by atoms with E-state index >= 15 is 0 Å². The number of primary amides is 1. The van der Waals surface area contributed by atoms with Gasteiger partial charge >= 0.3 is 0 Å². The predicted octanol–water partition coefficient (Wildman–Crippen LogP) is 2.12. The minimum atomic E-state index is -0.272. The highest BCUT2D eigenvalue weighted by atomic mass is 16.1. The van der Waals surface area contributed by atoms with E-state index in [1.54, 1.807) is 0 Å². The lowest BCUT2D eigenvalue weighted by atomic mass is 9.92. The van der Waals surface area contributed by atoms with E-state index in [4.69, 9.17) is 5.73 Å². The zero-order valence-corrected chi connectivity index (χ0v) is 14.0. The number of hydrogen-bond acceptors (Lipinski definition) is 3. The first kappa shape index (κ1) is 15.7. The van der Waals surface area contributed by atoms with Gasteiger partial charge in [0.05, 0.1) is 11.7 Å². The summed E-state index contributed by atoms with van der Waals surface area (Å²) in [6.45, 7) is 7.78. The van der Waals surface area contributed by atoms with Crippen LogP contribution in [-0.2, 0) is 29.7 Å². The summed E-state index contributed by atoms with van der Waals surface area (Å²) in [7, 11) is 0. The Balaban J connectivity index is 1.83. The maximum Gasteiger partial charge on any atom is 0.235 e. The van der Waals surface area contributed by atoms with Gasteiger partial charge in [0.1, 0.15) is 0 Å². The zero-order valence-electron chi connectivity index (χ0n) is 14.0. The molecular weight excluding hydrogens is 288 g/mol. The number of aromatic amines is 1. The van der Waals surface area contributed by atoms with Gasteiger partial charge in [0.15, 0.2) is 0 Å². The molecular formula is C18H24N4O. The second kappa shape index (κ2) is 5.81. The van der Waals surface area contributed by atoms with E-state index in [1.807, 2.05) is 12.1 Å². The van der Waals surface area contributed by atoms with Crippen molar-refractivity contribution in [1.29, 1.82) is 0 Å². The molecule has 2 heterocycles. The van der Waals surface area contributed by atoms with Gasteiger partial charge in [-0.05, 0) is 23.6 Å². The monoisotopic (exact) mass is 312 g/mol. The van der Waals surface area contributed by atoms with Gasteiger partial charge in [0.2, 0.25) is 5.91 Å². The first-order valence-electron chi connectivity index (χ1n) is 7.99. The molecule has 0 radical (unpaired) electrons. The number of benzene rings is 1. The molecule has 0 aliphatic carbocycles. The van der Waals surface area contributed by atoms with Crippen LogP contribution >= 0.6 is 0 Å². The number of amides is 1. The number of rotatable bonds is 3. The van der Waals surface area contributed by atoms with Crippen molar-refractivity contribution in [2.75, 3.05) is 0 Å². The molecule has 0 saturated heterocycles. The molecule has 1 atom stereocenters. The number of nitrogens with zero attached hydrogens (tertiary/aromatic N) is 2. The maximum atomic E-state index is 11.9. The van der Waals surface area contributed by atoms with Crippen molar-refractivity contribution >= 4 is 5.91 Å². The van der Waals surface area contributed by atoms with Crippen molar-refractivity contribution in [2.24, 2.45) is 5.73 Å². The van der Waals surface area contributed by atoms with Crippen LogP contribution in [0.2, 0.25) is 0 Å². The molecule has 23 heavy (non-hydrogen) atoms. The van der Waals surface area contributed by atoms with Crippen molar-refractivity contribution in [2.45, 2.75) is 51.7 Å². The molecule has 2 aromatic rings. The van der Waals surface area contributed by atoms with Crippen LogP contribution in [0.3, 0.4) is 0 Å². The van der Waals surface area contributed by atoms with Crippen LogP contribution in [0.25, 0.3) is 0 Å². The predicted molar refractivity (Wildman–Crippen MR) is 89.7 cm³/mol. The quantitative estimate of drug-likeness (QED) is 0.911. The standard InChI is InChI=1S/C18H24N4O/c1-18(2,3)16-9-14(20-21-16)11-22-10-13-7-5-4-6-12(13)8-15(22)17(19)23/h4-7,9,15H,8,10-11H2,1-3H3,(H2,19,23)(H,20,21)/t15-/m1/s1. The van der Waals surface area contributed by atoms with Gasteiger partial charge in [-0.15, -0.1) is 0 Å². The second-order valence-electron chi connectivity index (χ2n) is 7.32. The molecule has 5 nitrogen and oxygen atoms in total. The Bertz CT molecular complexity index is 714. The lowest BCUT2D eigenvalue weighted by Gasteiger charge is -2.34. The van der Waals surface area contributed by atoms with Crippen molar-refractivity contribution in [3.63, 3.8) is 0 Å². The van der Waals surface area contributed by atoms with Gasteiger partial charge in [0.25, 0.3) is 0 Å². The molecule has 122 valence electrons. The minimum Gasteiger partial charge on any atom is -0.368 e. The van der Waals surface area contributed by atoms with E-state index in [-0.39, 0.29) is 17.4 Å². The Morgan fingerprint density at radius 3 is 2.65 bits per heavy atom. The first-order valence-corrected chi connectivity index (χ1v) is 7.99. The summed E-state index contributed by atoms with van der Waals surface area (Å²) in [4.78, 5) is 14.0. The summed E-state index contributed by atoms with van der Waals surface area (Å²) in [5.41, 5.74) is 10.2. The van der Waals surface area contributed by atoms with Crippen LogP contribution < -0.4 is 5.73 Å². The lowest BCUT2D eigenvalue weighted by molar-refractivity contribution is -0.124. The number of H-pyrrole nitrogens is 1. The molecule has 1 aromatic heterocycles. The highest BCUT2D eigenvalue weighted by Crippen LogP contribution is 2.26. The van der Waals surface area contributed by atoms with Crippen LogP contribution in [-0.4, -0.2) is 27.0 Å². The van der Waals surface area contributed by atoms with Gasteiger partial charge < -0.3 is 5.73 Å². The van der Waals surface area contributed by atoms with E-state index in [2.05, 4.69) is 54.1 Å². The number of fused-ring (bicyclic) bond motifs is 1. The smallest absolute Gasteiger partial charge is 0.235 e. The molecule has 1 aliphatic heterocycles. The van der Waals surface area contributed by atoms with E-state index in [0.29, 0.717) is 13.0 Å². The summed E-state index contributed by atoms with van der Waals surface area (Å²) < 4.78 is 0. The van der Waals surface area contributed by atoms with Crippen LogP contribution in [0, 0.1) is 0 Å². The fraction of sp³-hybridized carbons (Fsp3) is 0.444. The van der Waals surface area contributed by atoms with Crippen molar-refractivity contribution in [3.05, 3.63) is 52.8 Å². The number of carbonyl (C=O) groups is 1. The van der Waals surface area contributed by atoms with Gasteiger partial charge in [0, 0.05) is 24.2 Å². The van der Waals surface area contributed by atoms with E-state index < -0.39 is 0 Å². The minimum absolute atomic E-state index is 0.00629. The molecule has 0 saturated carbocycles. The molecule has 1 amide bonds. The molecule has 0 fully saturated rings. The van der Waals surface area contributed by atoms with Crippen molar-refractivity contribution < 1.29 is 4.79 Å². The topological polar surface area (TPSA) is 75.0 Å². The summed E-state index contributed by atoms with van der Waals surface area (Å²) >= 11 is 0. The molecule has 3 N–H and O–H groups in total. The van der Waals surface area contributed by atoms with Gasteiger partial charge in [-0.1, -0.05) is 45.0 Å². The van der Waals surface area contributed by atoms with Gasteiger partial charge in [-0.25, -0.2) is 0 Å². The number of carbonyl (C=O) groups excluding carboxylic acids is 1. The molecule has 1 aromatic carbocycles. The Morgan fingerprint density at radius 2 is 2.04 bits per heavy atom. The Labute approximate surface area is 136 Å². The highest BCUT2D eigenvalue weighted by molar-refractivity contribution is 5.80. The van der Waals surface area contributed by atoms with Crippen LogP contribution in [0.5, 0.6) is 0 Å². The number of nitrogens with two attached hydrogens (primary N) is 1. The van der Waals surface area contributed by atoms with E-state index in [0.717, 1.165) is 17.9 Å². The largest absolute Gasteiger partial charge is 0.368 e. The number of hydrogen-bond donors (Lipinski definition) is 2. The van der Waals surface area contributed by atoms with Crippen LogP contribution in [0.4, 0.5) is 0 Å². The third kappa shape index (κ3) is 3.29. The summed E-state index contributed by atoms with van der Waals surface area (Å²) in [6, 6.07) is 10.1. The average Bonchev–Trinajstić information content (AvgIpc) is 2.95. The lowest BCUT2D eigenvalue weighted by Crippen LogP contribution is -2.48. The maximum absolute atomic E-state index is 11.9. The second-order valence-corrected chi connectivity index (χ2v) is 7.32.